The molecule has 1 heterocycles. The Morgan fingerprint density at radius 3 is 2.82 bits per heavy atom. The lowest BCUT2D eigenvalue weighted by Crippen LogP contribution is -1.95. The van der Waals surface area contributed by atoms with Crippen LogP contribution in [0, 0.1) is 0 Å². The molecule has 3 heteroatoms. The van der Waals surface area contributed by atoms with Crippen molar-refractivity contribution < 1.29 is 5.11 Å². The molecule has 3 nitrogen and oxygen atoms in total. The Hall–Kier alpha value is -0.830. The quantitative estimate of drug-likeness (QED) is 0.701. The fourth-order valence-electron chi connectivity index (χ4n) is 1.10. The Morgan fingerprint density at radius 1 is 1.64 bits per heavy atom. The van der Waals surface area contributed by atoms with E-state index in [-0.39, 0.29) is 6.61 Å². The molecule has 0 atom stereocenters. The number of aryl methyl sites for hydroxylation is 2. The van der Waals surface area contributed by atoms with Crippen molar-refractivity contribution in [2.24, 2.45) is 7.05 Å². The average Bonchev–Trinajstić information content (AvgIpc) is 2.33. The van der Waals surface area contributed by atoms with Gasteiger partial charge in [0.25, 0.3) is 0 Å². The van der Waals surface area contributed by atoms with E-state index in [1.165, 1.54) is 0 Å². The first-order valence-corrected chi connectivity index (χ1v) is 3.90. The van der Waals surface area contributed by atoms with Crippen molar-refractivity contribution in [3.8, 4) is 0 Å². The highest BCUT2D eigenvalue weighted by molar-refractivity contribution is 5.02. The first-order valence-electron chi connectivity index (χ1n) is 3.90. The van der Waals surface area contributed by atoms with Crippen LogP contribution in [-0.4, -0.2) is 14.7 Å². The smallest absolute Gasteiger partial charge is 0.108 e. The molecule has 0 aliphatic heterocycles. The van der Waals surface area contributed by atoms with Crippen molar-refractivity contribution in [3.63, 3.8) is 0 Å². The van der Waals surface area contributed by atoms with E-state index in [4.69, 9.17) is 5.11 Å². The molecule has 0 bridgehead atoms. The number of aliphatic hydroxyl groups is 1. The minimum Gasteiger partial charge on any atom is -0.390 e. The predicted octanol–water partition coefficient (Wildman–Crippen LogP) is 0.865. The van der Waals surface area contributed by atoms with Gasteiger partial charge in [-0.05, 0) is 6.42 Å². The molecular weight excluding hydrogens is 140 g/mol. The van der Waals surface area contributed by atoms with Gasteiger partial charge in [0, 0.05) is 19.7 Å². The second kappa shape index (κ2) is 3.53. The first-order chi connectivity index (χ1) is 5.27. The van der Waals surface area contributed by atoms with E-state index < -0.39 is 0 Å². The maximum atomic E-state index is 8.77. The van der Waals surface area contributed by atoms with Crippen molar-refractivity contribution >= 4 is 0 Å². The fourth-order valence-corrected chi connectivity index (χ4v) is 1.10. The lowest BCUT2D eigenvalue weighted by Gasteiger charge is -1.95. The van der Waals surface area contributed by atoms with Crippen molar-refractivity contribution in [2.75, 3.05) is 0 Å². The Labute approximate surface area is 66.7 Å². The van der Waals surface area contributed by atoms with Crippen LogP contribution >= 0.6 is 0 Å². The standard InChI is InChI=1S/C8H14N2O/c1-3-4-8-9-7(6-11)5-10(8)2/h5,11H,3-4,6H2,1-2H3. The van der Waals surface area contributed by atoms with Crippen molar-refractivity contribution in [2.45, 2.75) is 26.4 Å². The molecule has 1 aromatic heterocycles. The summed E-state index contributed by atoms with van der Waals surface area (Å²) in [4.78, 5) is 4.23. The maximum absolute atomic E-state index is 8.77. The second-order valence-corrected chi connectivity index (χ2v) is 2.67. The van der Waals surface area contributed by atoms with E-state index >= 15 is 0 Å². The Morgan fingerprint density at radius 2 is 2.36 bits per heavy atom. The van der Waals surface area contributed by atoms with Gasteiger partial charge in [0.1, 0.15) is 5.82 Å². The van der Waals surface area contributed by atoms with Gasteiger partial charge < -0.3 is 9.67 Å². The predicted molar refractivity (Wildman–Crippen MR) is 43.1 cm³/mol. The topological polar surface area (TPSA) is 38.1 Å². The molecule has 0 saturated heterocycles. The molecule has 0 saturated carbocycles. The Bertz CT molecular complexity index is 230. The summed E-state index contributed by atoms with van der Waals surface area (Å²) in [6, 6.07) is 0. The molecule has 11 heavy (non-hydrogen) atoms. The molecule has 0 radical (unpaired) electrons. The van der Waals surface area contributed by atoms with Crippen LogP contribution in [0.15, 0.2) is 6.20 Å². The summed E-state index contributed by atoms with van der Waals surface area (Å²) >= 11 is 0. The van der Waals surface area contributed by atoms with Crippen LogP contribution in [0.3, 0.4) is 0 Å². The van der Waals surface area contributed by atoms with E-state index in [9.17, 15) is 0 Å². The molecule has 0 spiro atoms. The highest BCUT2D eigenvalue weighted by Gasteiger charge is 2.01. The molecule has 0 aliphatic rings. The van der Waals surface area contributed by atoms with Gasteiger partial charge in [-0.25, -0.2) is 4.98 Å². The molecular formula is C8H14N2O. The normalized spacial score (nSPS) is 10.5. The zero-order valence-corrected chi connectivity index (χ0v) is 7.04. The zero-order chi connectivity index (χ0) is 8.27. The van der Waals surface area contributed by atoms with Crippen LogP contribution in [-0.2, 0) is 20.1 Å². The number of hydrogen-bond acceptors (Lipinski definition) is 2. The van der Waals surface area contributed by atoms with Gasteiger partial charge in [0.05, 0.1) is 12.3 Å². The van der Waals surface area contributed by atoms with Crippen molar-refractivity contribution in [1.82, 2.24) is 9.55 Å². The summed E-state index contributed by atoms with van der Waals surface area (Å²) in [6.07, 6.45) is 3.94. The molecule has 1 rings (SSSR count). The summed E-state index contributed by atoms with van der Waals surface area (Å²) in [5.74, 6) is 1.05. The summed E-state index contributed by atoms with van der Waals surface area (Å²) < 4.78 is 1.97. The monoisotopic (exact) mass is 154 g/mol. The average molecular weight is 154 g/mol. The molecule has 0 fully saturated rings. The highest BCUT2D eigenvalue weighted by Crippen LogP contribution is 2.03. The zero-order valence-electron chi connectivity index (χ0n) is 7.04. The SMILES string of the molecule is CCCc1nc(CO)cn1C. The summed E-state index contributed by atoms with van der Waals surface area (Å²) in [5.41, 5.74) is 0.760. The van der Waals surface area contributed by atoms with Gasteiger partial charge in [-0.1, -0.05) is 6.92 Å². The minimum atomic E-state index is 0.0392. The molecule has 62 valence electrons. The number of imidazole rings is 1. The summed E-state index contributed by atoms with van der Waals surface area (Å²) in [7, 11) is 1.96. The van der Waals surface area contributed by atoms with E-state index in [0.717, 1.165) is 24.4 Å². The van der Waals surface area contributed by atoms with Gasteiger partial charge >= 0.3 is 0 Å². The third-order valence-electron chi connectivity index (χ3n) is 1.66. The molecule has 0 amide bonds. The van der Waals surface area contributed by atoms with E-state index in [1.54, 1.807) is 0 Å². The fraction of sp³-hybridized carbons (Fsp3) is 0.625. The molecule has 1 N–H and O–H groups in total. The van der Waals surface area contributed by atoms with Crippen LogP contribution < -0.4 is 0 Å². The van der Waals surface area contributed by atoms with Crippen LogP contribution in [0.25, 0.3) is 0 Å². The van der Waals surface area contributed by atoms with Crippen LogP contribution in [0.2, 0.25) is 0 Å². The highest BCUT2D eigenvalue weighted by atomic mass is 16.3. The van der Waals surface area contributed by atoms with E-state index in [2.05, 4.69) is 11.9 Å². The second-order valence-electron chi connectivity index (χ2n) is 2.67. The number of hydrogen-bond donors (Lipinski definition) is 1. The van der Waals surface area contributed by atoms with Crippen LogP contribution in [0.4, 0.5) is 0 Å². The number of nitrogens with zero attached hydrogens (tertiary/aromatic N) is 2. The van der Waals surface area contributed by atoms with Gasteiger partial charge in [0.15, 0.2) is 0 Å². The molecule has 1 aromatic rings. The molecule has 0 unspecified atom stereocenters. The lowest BCUT2D eigenvalue weighted by molar-refractivity contribution is 0.277. The van der Waals surface area contributed by atoms with Crippen LogP contribution in [0.5, 0.6) is 0 Å². The van der Waals surface area contributed by atoms with Gasteiger partial charge in [-0.3, -0.25) is 0 Å². The van der Waals surface area contributed by atoms with Gasteiger partial charge in [-0.2, -0.15) is 0 Å². The molecule has 0 aromatic carbocycles. The van der Waals surface area contributed by atoms with Gasteiger partial charge in [-0.15, -0.1) is 0 Å². The minimum absolute atomic E-state index is 0.0392. The van der Waals surface area contributed by atoms with E-state index in [1.807, 2.05) is 17.8 Å². The summed E-state index contributed by atoms with van der Waals surface area (Å²) in [5, 5.41) is 8.77. The van der Waals surface area contributed by atoms with Crippen molar-refractivity contribution in [1.29, 1.82) is 0 Å². The Kier molecular flexibility index (Phi) is 2.65. The Balaban J connectivity index is 2.79. The summed E-state index contributed by atoms with van der Waals surface area (Å²) in [6.45, 7) is 2.16. The maximum Gasteiger partial charge on any atom is 0.108 e. The molecule has 0 aliphatic carbocycles. The number of rotatable bonds is 3. The van der Waals surface area contributed by atoms with E-state index in [0.29, 0.717) is 0 Å². The lowest BCUT2D eigenvalue weighted by atomic mass is 10.3. The van der Waals surface area contributed by atoms with Crippen molar-refractivity contribution in [3.05, 3.63) is 17.7 Å². The largest absolute Gasteiger partial charge is 0.390 e. The number of aliphatic hydroxyl groups excluding tert-OH is 1. The van der Waals surface area contributed by atoms with Gasteiger partial charge in [0.2, 0.25) is 0 Å². The third kappa shape index (κ3) is 1.80. The number of aromatic nitrogens is 2. The first kappa shape index (κ1) is 8.27. The third-order valence-corrected chi connectivity index (χ3v) is 1.66. The van der Waals surface area contributed by atoms with Crippen LogP contribution in [0.1, 0.15) is 24.9 Å².